The van der Waals surface area contributed by atoms with Crippen LogP contribution in [-0.4, -0.2) is 29.2 Å². The van der Waals surface area contributed by atoms with Gasteiger partial charge in [-0.25, -0.2) is 4.98 Å². The molecule has 0 fully saturated rings. The minimum absolute atomic E-state index is 0.0825. The fraction of sp³-hybridized carbons (Fsp3) is 0.250. The van der Waals surface area contributed by atoms with Crippen LogP contribution in [0.5, 0.6) is 23.3 Å². The molecule has 0 unspecified atom stereocenters. The molecule has 2 N–H and O–H groups in total. The average Bonchev–Trinajstić information content (AvgIpc) is 3.16. The molecule has 0 amide bonds. The maximum atomic E-state index is 6.28. The van der Waals surface area contributed by atoms with Crippen molar-refractivity contribution >= 4 is 22.7 Å². The van der Waals surface area contributed by atoms with Crippen LogP contribution >= 0.6 is 0 Å². The number of anilines is 2. The third-order valence-corrected chi connectivity index (χ3v) is 4.89. The minimum Gasteiger partial charge on any atom is -0.497 e. The second kappa shape index (κ2) is 8.18. The maximum absolute atomic E-state index is 6.28. The van der Waals surface area contributed by atoms with E-state index in [1.807, 2.05) is 42.5 Å². The van der Waals surface area contributed by atoms with E-state index in [9.17, 15) is 0 Å². The fourth-order valence-corrected chi connectivity index (χ4v) is 3.29. The van der Waals surface area contributed by atoms with E-state index >= 15 is 0 Å². The van der Waals surface area contributed by atoms with E-state index in [2.05, 4.69) is 47.1 Å². The third kappa shape index (κ3) is 4.40. The molecule has 160 valence electrons. The van der Waals surface area contributed by atoms with Gasteiger partial charge in [0.1, 0.15) is 17.2 Å². The molecule has 4 aromatic rings. The first-order valence-electron chi connectivity index (χ1n) is 10.0. The highest BCUT2D eigenvalue weighted by Gasteiger charge is 2.20. The molecule has 2 heterocycles. The summed E-state index contributed by atoms with van der Waals surface area (Å²) >= 11 is 0. The first kappa shape index (κ1) is 20.5. The standard InChI is InChI=1S/C24H26N4O3/c1-24(2,3)16-8-6-7-9-20(16)31-22-18(12-13-21(28-22)30-5)26-23-25-17-11-10-15(29-4)14-19(17)27-23/h6-14H,1-5H3,(H2,25,26,27). The van der Waals surface area contributed by atoms with Crippen LogP contribution in [0, 0.1) is 0 Å². The fourth-order valence-electron chi connectivity index (χ4n) is 3.29. The average molecular weight is 418 g/mol. The van der Waals surface area contributed by atoms with E-state index in [0.717, 1.165) is 28.1 Å². The van der Waals surface area contributed by atoms with Crippen molar-refractivity contribution in [2.45, 2.75) is 26.2 Å². The van der Waals surface area contributed by atoms with Gasteiger partial charge in [0.15, 0.2) is 0 Å². The Bertz CT molecular complexity index is 1210. The number of methoxy groups -OCH3 is 2. The van der Waals surface area contributed by atoms with Gasteiger partial charge in [0, 0.05) is 17.7 Å². The number of benzene rings is 2. The molecule has 0 radical (unpaired) electrons. The number of para-hydroxylation sites is 1. The predicted molar refractivity (Wildman–Crippen MR) is 122 cm³/mol. The Morgan fingerprint density at radius 3 is 2.45 bits per heavy atom. The lowest BCUT2D eigenvalue weighted by Gasteiger charge is -2.23. The number of ether oxygens (including phenoxy) is 3. The number of nitrogens with zero attached hydrogens (tertiary/aromatic N) is 2. The van der Waals surface area contributed by atoms with Crippen LogP contribution in [0.15, 0.2) is 54.6 Å². The van der Waals surface area contributed by atoms with Gasteiger partial charge in [0.25, 0.3) is 0 Å². The largest absolute Gasteiger partial charge is 0.497 e. The number of aromatic nitrogens is 3. The van der Waals surface area contributed by atoms with Gasteiger partial charge in [-0.2, -0.15) is 4.98 Å². The zero-order chi connectivity index (χ0) is 22.0. The van der Waals surface area contributed by atoms with Crippen LogP contribution < -0.4 is 19.5 Å². The molecular formula is C24H26N4O3. The monoisotopic (exact) mass is 418 g/mol. The van der Waals surface area contributed by atoms with E-state index in [-0.39, 0.29) is 5.41 Å². The highest BCUT2D eigenvalue weighted by Crippen LogP contribution is 2.37. The SMILES string of the molecule is COc1ccc2[nH]c(Nc3ccc(OC)nc3Oc3ccccc3C(C)(C)C)nc2c1. The van der Waals surface area contributed by atoms with E-state index in [1.165, 1.54) is 0 Å². The van der Waals surface area contributed by atoms with Crippen LogP contribution in [0.2, 0.25) is 0 Å². The summed E-state index contributed by atoms with van der Waals surface area (Å²) in [7, 11) is 3.21. The Balaban J connectivity index is 1.70. The Morgan fingerprint density at radius 2 is 1.71 bits per heavy atom. The molecule has 2 aromatic carbocycles. The van der Waals surface area contributed by atoms with Crippen molar-refractivity contribution in [2.75, 3.05) is 19.5 Å². The van der Waals surface area contributed by atoms with Gasteiger partial charge in [-0.1, -0.05) is 39.0 Å². The first-order valence-corrected chi connectivity index (χ1v) is 10.0. The van der Waals surface area contributed by atoms with Gasteiger partial charge in [-0.05, 0) is 29.7 Å². The number of hydrogen-bond acceptors (Lipinski definition) is 6. The molecule has 0 spiro atoms. The lowest BCUT2D eigenvalue weighted by atomic mass is 9.86. The van der Waals surface area contributed by atoms with Gasteiger partial charge < -0.3 is 24.5 Å². The van der Waals surface area contributed by atoms with E-state index in [4.69, 9.17) is 14.2 Å². The molecule has 2 aromatic heterocycles. The Kier molecular flexibility index (Phi) is 5.42. The minimum atomic E-state index is -0.0825. The van der Waals surface area contributed by atoms with E-state index < -0.39 is 0 Å². The van der Waals surface area contributed by atoms with Crippen LogP contribution in [-0.2, 0) is 5.41 Å². The molecular weight excluding hydrogens is 392 g/mol. The molecule has 0 bridgehead atoms. The second-order valence-corrected chi connectivity index (χ2v) is 8.15. The van der Waals surface area contributed by atoms with Crippen LogP contribution in [0.4, 0.5) is 11.6 Å². The van der Waals surface area contributed by atoms with Crippen molar-refractivity contribution in [2.24, 2.45) is 0 Å². The normalized spacial score (nSPS) is 11.4. The number of hydrogen-bond donors (Lipinski definition) is 2. The zero-order valence-electron chi connectivity index (χ0n) is 18.3. The summed E-state index contributed by atoms with van der Waals surface area (Å²) in [5, 5.41) is 3.28. The molecule has 7 heteroatoms. The van der Waals surface area contributed by atoms with Crippen molar-refractivity contribution in [1.29, 1.82) is 0 Å². The summed E-state index contributed by atoms with van der Waals surface area (Å²) in [4.78, 5) is 12.4. The van der Waals surface area contributed by atoms with Crippen molar-refractivity contribution in [3.05, 3.63) is 60.2 Å². The number of H-pyrrole nitrogens is 1. The van der Waals surface area contributed by atoms with Crippen LogP contribution in [0.1, 0.15) is 26.3 Å². The van der Waals surface area contributed by atoms with Gasteiger partial charge in [-0.3, -0.25) is 0 Å². The molecule has 0 aliphatic heterocycles. The predicted octanol–water partition coefficient (Wildman–Crippen LogP) is 5.81. The van der Waals surface area contributed by atoms with E-state index in [1.54, 1.807) is 20.3 Å². The molecule has 0 atom stereocenters. The highest BCUT2D eigenvalue weighted by atomic mass is 16.5. The Hall–Kier alpha value is -3.74. The van der Waals surface area contributed by atoms with Crippen LogP contribution in [0.25, 0.3) is 11.0 Å². The highest BCUT2D eigenvalue weighted by molar-refractivity contribution is 5.80. The van der Waals surface area contributed by atoms with Crippen molar-refractivity contribution in [1.82, 2.24) is 15.0 Å². The smallest absolute Gasteiger partial charge is 0.246 e. The summed E-state index contributed by atoms with van der Waals surface area (Å²) in [6.45, 7) is 6.45. The number of nitrogens with one attached hydrogen (secondary N) is 2. The number of fused-ring (bicyclic) bond motifs is 1. The van der Waals surface area contributed by atoms with E-state index in [0.29, 0.717) is 23.4 Å². The van der Waals surface area contributed by atoms with Crippen LogP contribution in [0.3, 0.4) is 0 Å². The summed E-state index contributed by atoms with van der Waals surface area (Å²) in [5.74, 6) is 2.93. The molecule has 0 saturated carbocycles. The molecule has 0 aliphatic rings. The number of imidazole rings is 1. The maximum Gasteiger partial charge on any atom is 0.246 e. The Morgan fingerprint density at radius 1 is 0.903 bits per heavy atom. The van der Waals surface area contributed by atoms with Crippen molar-refractivity contribution in [3.8, 4) is 23.3 Å². The number of aromatic amines is 1. The molecule has 0 saturated heterocycles. The van der Waals surface area contributed by atoms with Crippen molar-refractivity contribution < 1.29 is 14.2 Å². The molecule has 31 heavy (non-hydrogen) atoms. The van der Waals surface area contributed by atoms with Gasteiger partial charge in [0.2, 0.25) is 17.7 Å². The Labute approximate surface area is 181 Å². The summed E-state index contributed by atoms with van der Waals surface area (Å²) in [6, 6.07) is 17.3. The number of pyridine rings is 1. The molecule has 7 nitrogen and oxygen atoms in total. The second-order valence-electron chi connectivity index (χ2n) is 8.15. The van der Waals surface area contributed by atoms with Gasteiger partial charge in [0.05, 0.1) is 25.3 Å². The summed E-state index contributed by atoms with van der Waals surface area (Å²) < 4.78 is 16.9. The molecule has 0 aliphatic carbocycles. The lowest BCUT2D eigenvalue weighted by Crippen LogP contribution is -2.12. The first-order chi connectivity index (χ1) is 14.9. The zero-order valence-corrected chi connectivity index (χ0v) is 18.3. The summed E-state index contributed by atoms with van der Waals surface area (Å²) in [6.07, 6.45) is 0. The van der Waals surface area contributed by atoms with Gasteiger partial charge >= 0.3 is 0 Å². The van der Waals surface area contributed by atoms with Crippen molar-refractivity contribution in [3.63, 3.8) is 0 Å². The third-order valence-electron chi connectivity index (χ3n) is 4.89. The quantitative estimate of drug-likeness (QED) is 0.411. The topological polar surface area (TPSA) is 81.3 Å². The summed E-state index contributed by atoms with van der Waals surface area (Å²) in [5.41, 5.74) is 3.35. The lowest BCUT2D eigenvalue weighted by molar-refractivity contribution is 0.381. The number of rotatable bonds is 6. The molecule has 4 rings (SSSR count). The van der Waals surface area contributed by atoms with Gasteiger partial charge in [-0.15, -0.1) is 0 Å².